The maximum atomic E-state index is 11.8. The molecule has 1 aromatic rings. The molecule has 0 bridgehead atoms. The van der Waals surface area contributed by atoms with E-state index < -0.39 is 5.60 Å². The van der Waals surface area contributed by atoms with E-state index in [0.717, 1.165) is 25.7 Å². The number of rotatable bonds is 1. The van der Waals surface area contributed by atoms with Crippen molar-refractivity contribution in [2.75, 3.05) is 7.11 Å². The molecule has 2 atom stereocenters. The zero-order chi connectivity index (χ0) is 13.5. The van der Waals surface area contributed by atoms with Crippen molar-refractivity contribution in [3.63, 3.8) is 0 Å². The highest BCUT2D eigenvalue weighted by Crippen LogP contribution is 2.40. The monoisotopic (exact) mass is 262 g/mol. The van der Waals surface area contributed by atoms with Crippen LogP contribution in [0, 0.1) is 6.92 Å². The van der Waals surface area contributed by atoms with E-state index in [1.807, 2.05) is 12.2 Å². The minimum Gasteiger partial charge on any atom is -0.479 e. The second kappa shape index (κ2) is 4.53. The molecule has 1 spiro atoms. The molecule has 1 saturated carbocycles. The van der Waals surface area contributed by atoms with Gasteiger partial charge in [-0.2, -0.15) is 0 Å². The predicted molar refractivity (Wildman–Crippen MR) is 71.4 cm³/mol. The number of hydrogen-bond donors (Lipinski definition) is 0. The molecule has 0 radical (unpaired) electrons. The van der Waals surface area contributed by atoms with Crippen LogP contribution in [-0.2, 0) is 4.74 Å². The summed E-state index contributed by atoms with van der Waals surface area (Å²) < 4.78 is 16.8. The summed E-state index contributed by atoms with van der Waals surface area (Å²) in [4.78, 5) is 11.8. The average Bonchev–Trinajstić information content (AvgIpc) is 2.38. The predicted octanol–water partition coefficient (Wildman–Crippen LogP) is 2.68. The van der Waals surface area contributed by atoms with Gasteiger partial charge in [0.15, 0.2) is 5.60 Å². The van der Waals surface area contributed by atoms with Crippen molar-refractivity contribution >= 4 is 6.08 Å². The van der Waals surface area contributed by atoms with Crippen LogP contribution >= 0.6 is 0 Å². The van der Waals surface area contributed by atoms with Crippen LogP contribution in [0.4, 0.5) is 0 Å². The lowest BCUT2D eigenvalue weighted by Crippen LogP contribution is -2.50. The Morgan fingerprint density at radius 2 is 2.26 bits per heavy atom. The van der Waals surface area contributed by atoms with Gasteiger partial charge in [-0.1, -0.05) is 6.42 Å². The van der Waals surface area contributed by atoms with Gasteiger partial charge in [0, 0.05) is 13.2 Å². The third-order valence-electron chi connectivity index (χ3n) is 4.02. The zero-order valence-electron chi connectivity index (χ0n) is 11.3. The number of aryl methyl sites for hydroxylation is 1. The first kappa shape index (κ1) is 12.5. The van der Waals surface area contributed by atoms with E-state index in [2.05, 4.69) is 0 Å². The summed E-state index contributed by atoms with van der Waals surface area (Å²) >= 11 is 0. The minimum absolute atomic E-state index is 0.0400. The normalized spacial score (nSPS) is 29.1. The summed E-state index contributed by atoms with van der Waals surface area (Å²) in [5, 5.41) is 0. The second-order valence-electron chi connectivity index (χ2n) is 5.28. The Morgan fingerprint density at radius 3 is 3.05 bits per heavy atom. The number of ether oxygens (including phenoxy) is 2. The minimum atomic E-state index is -0.430. The van der Waals surface area contributed by atoms with Crippen LogP contribution in [0.5, 0.6) is 5.75 Å². The molecular weight excluding hydrogens is 244 g/mol. The van der Waals surface area contributed by atoms with Gasteiger partial charge in [0.05, 0.1) is 0 Å². The van der Waals surface area contributed by atoms with Gasteiger partial charge in [-0.05, 0) is 38.3 Å². The lowest BCUT2D eigenvalue weighted by atomic mass is 9.80. The van der Waals surface area contributed by atoms with E-state index in [0.29, 0.717) is 17.1 Å². The van der Waals surface area contributed by atoms with Crippen LogP contribution in [-0.4, -0.2) is 18.8 Å². The Hall–Kier alpha value is -1.55. The van der Waals surface area contributed by atoms with Gasteiger partial charge in [-0.3, -0.25) is 0 Å². The lowest BCUT2D eigenvalue weighted by molar-refractivity contribution is -0.0713. The molecule has 0 N–H and O–H groups in total. The molecule has 19 heavy (non-hydrogen) atoms. The average molecular weight is 262 g/mol. The van der Waals surface area contributed by atoms with E-state index >= 15 is 0 Å². The first-order valence-electron chi connectivity index (χ1n) is 6.70. The Balaban J connectivity index is 2.04. The van der Waals surface area contributed by atoms with Crippen molar-refractivity contribution < 1.29 is 13.9 Å². The Labute approximate surface area is 112 Å². The summed E-state index contributed by atoms with van der Waals surface area (Å²) in [6.45, 7) is 1.75. The molecule has 1 fully saturated rings. The summed E-state index contributed by atoms with van der Waals surface area (Å²) in [5.41, 5.74) is -0.275. The quantitative estimate of drug-likeness (QED) is 0.780. The van der Waals surface area contributed by atoms with Gasteiger partial charge in [-0.25, -0.2) is 4.79 Å². The number of methoxy groups -OCH3 is 1. The molecule has 1 aliphatic carbocycles. The molecular formula is C15H18O4. The van der Waals surface area contributed by atoms with Gasteiger partial charge < -0.3 is 13.9 Å². The van der Waals surface area contributed by atoms with Crippen molar-refractivity contribution in [1.82, 2.24) is 0 Å². The highest BCUT2D eigenvalue weighted by molar-refractivity contribution is 5.60. The van der Waals surface area contributed by atoms with Crippen LogP contribution in [0.25, 0.3) is 6.08 Å². The molecule has 1 aliphatic heterocycles. The van der Waals surface area contributed by atoms with Gasteiger partial charge in [0.1, 0.15) is 23.2 Å². The van der Waals surface area contributed by atoms with E-state index in [1.165, 1.54) is 0 Å². The Morgan fingerprint density at radius 1 is 1.42 bits per heavy atom. The van der Waals surface area contributed by atoms with Gasteiger partial charge in [0.25, 0.3) is 0 Å². The SMILES string of the molecule is CO[C@H]1CCCC[C@]12C=Cc1c(cc(C)oc1=O)O2. The Kier molecular flexibility index (Phi) is 2.97. The standard InChI is InChI=1S/C15H18O4/c1-10-9-12-11(14(16)18-10)6-8-15(19-12)7-4-3-5-13(15)17-2/h6,8-9,13H,3-5,7H2,1-2H3/t13-,15-/m0/s1. The van der Waals surface area contributed by atoms with Crippen molar-refractivity contribution in [2.45, 2.75) is 44.3 Å². The molecule has 4 nitrogen and oxygen atoms in total. The molecule has 102 valence electrons. The molecule has 1 aromatic heterocycles. The molecule has 0 amide bonds. The third-order valence-corrected chi connectivity index (χ3v) is 4.02. The lowest BCUT2D eigenvalue weighted by Gasteiger charge is -2.42. The summed E-state index contributed by atoms with van der Waals surface area (Å²) in [6.07, 6.45) is 7.99. The fourth-order valence-electron chi connectivity index (χ4n) is 3.05. The van der Waals surface area contributed by atoms with E-state index in [1.54, 1.807) is 20.1 Å². The molecule has 2 aliphatic rings. The van der Waals surface area contributed by atoms with Crippen molar-refractivity contribution in [3.05, 3.63) is 33.9 Å². The van der Waals surface area contributed by atoms with Crippen molar-refractivity contribution in [3.8, 4) is 5.75 Å². The van der Waals surface area contributed by atoms with Crippen LogP contribution < -0.4 is 10.4 Å². The molecule has 2 heterocycles. The second-order valence-corrected chi connectivity index (χ2v) is 5.28. The molecule has 0 unspecified atom stereocenters. The van der Waals surface area contributed by atoms with Crippen LogP contribution in [0.2, 0.25) is 0 Å². The summed E-state index contributed by atoms with van der Waals surface area (Å²) in [5.74, 6) is 1.18. The number of fused-ring (bicyclic) bond motifs is 1. The molecule has 4 heteroatoms. The maximum Gasteiger partial charge on any atom is 0.346 e. The third kappa shape index (κ3) is 2.00. The van der Waals surface area contributed by atoms with E-state index in [4.69, 9.17) is 13.9 Å². The van der Waals surface area contributed by atoms with Crippen LogP contribution in [0.3, 0.4) is 0 Å². The fourth-order valence-corrected chi connectivity index (χ4v) is 3.05. The first-order chi connectivity index (χ1) is 9.14. The molecule has 3 rings (SSSR count). The summed E-state index contributed by atoms with van der Waals surface area (Å²) in [6, 6.07) is 1.78. The topological polar surface area (TPSA) is 48.7 Å². The van der Waals surface area contributed by atoms with E-state index in [9.17, 15) is 4.79 Å². The van der Waals surface area contributed by atoms with Crippen molar-refractivity contribution in [2.24, 2.45) is 0 Å². The van der Waals surface area contributed by atoms with Gasteiger partial charge >= 0.3 is 5.63 Å². The molecule has 0 aromatic carbocycles. The van der Waals surface area contributed by atoms with Crippen LogP contribution in [0.15, 0.2) is 21.4 Å². The Bertz CT molecular complexity index is 572. The molecule has 0 saturated heterocycles. The first-order valence-corrected chi connectivity index (χ1v) is 6.70. The zero-order valence-corrected chi connectivity index (χ0v) is 11.3. The highest BCUT2D eigenvalue weighted by Gasteiger charge is 2.43. The van der Waals surface area contributed by atoms with E-state index in [-0.39, 0.29) is 11.7 Å². The largest absolute Gasteiger partial charge is 0.479 e. The highest BCUT2D eigenvalue weighted by atomic mass is 16.5. The smallest absolute Gasteiger partial charge is 0.346 e. The number of hydrogen-bond acceptors (Lipinski definition) is 4. The summed E-state index contributed by atoms with van der Waals surface area (Å²) in [7, 11) is 1.72. The van der Waals surface area contributed by atoms with Gasteiger partial charge in [0.2, 0.25) is 0 Å². The van der Waals surface area contributed by atoms with Crippen LogP contribution in [0.1, 0.15) is 37.0 Å². The maximum absolute atomic E-state index is 11.8. The van der Waals surface area contributed by atoms with Crippen molar-refractivity contribution in [1.29, 1.82) is 0 Å². The van der Waals surface area contributed by atoms with Gasteiger partial charge in [-0.15, -0.1) is 0 Å². The fraction of sp³-hybridized carbons (Fsp3) is 0.533.